The van der Waals surface area contributed by atoms with Crippen molar-refractivity contribution in [3.05, 3.63) is 223 Å². The van der Waals surface area contributed by atoms with Crippen LogP contribution >= 0.6 is 0 Å². The summed E-state index contributed by atoms with van der Waals surface area (Å²) in [6.07, 6.45) is 9.04. The second-order valence-electron chi connectivity index (χ2n) is 15.8. The van der Waals surface area contributed by atoms with Crippen LogP contribution in [0.5, 0.6) is 0 Å². The standard InChI is InChI=1S/C58H40N6/c1-2-3-4-8-25-43-35-44(58-61-56(41-21-11-6-12-22-41)60-57(62-58)42-23-13-7-14-24-42)36-48(40-19-9-5-10-20-40)55(43)64-53-32-30-39(38-59)34-49(53)50-37-45(31-33-54(50)64)63-51-28-17-15-26-46(51)47-27-16-18-29-52(47)63/h2-24,26-37H,25H2,1H3/b3-2-,8-4-. The van der Waals surface area contributed by atoms with Crippen LogP contribution in [0.3, 0.4) is 0 Å². The zero-order valence-corrected chi connectivity index (χ0v) is 35.1. The van der Waals surface area contributed by atoms with Gasteiger partial charge in [0.25, 0.3) is 0 Å². The summed E-state index contributed by atoms with van der Waals surface area (Å²) in [4.78, 5) is 15.4. The molecule has 0 amide bonds. The highest BCUT2D eigenvalue weighted by molar-refractivity contribution is 6.13. The Kier molecular flexibility index (Phi) is 9.76. The van der Waals surface area contributed by atoms with Crippen molar-refractivity contribution in [2.45, 2.75) is 13.3 Å². The van der Waals surface area contributed by atoms with Crippen molar-refractivity contribution in [3.63, 3.8) is 0 Å². The van der Waals surface area contributed by atoms with Crippen molar-refractivity contribution >= 4 is 43.6 Å². The Morgan fingerprint density at radius 1 is 0.469 bits per heavy atom. The van der Waals surface area contributed by atoms with E-state index in [9.17, 15) is 5.26 Å². The normalized spacial score (nSPS) is 11.8. The van der Waals surface area contributed by atoms with Gasteiger partial charge in [-0.2, -0.15) is 5.26 Å². The number of hydrogen-bond acceptors (Lipinski definition) is 4. The Hall–Kier alpha value is -8.66. The Bertz CT molecular complexity index is 3540. The predicted molar refractivity (Wildman–Crippen MR) is 263 cm³/mol. The van der Waals surface area contributed by atoms with E-state index in [-0.39, 0.29) is 0 Å². The molecule has 64 heavy (non-hydrogen) atoms. The summed E-state index contributed by atoms with van der Waals surface area (Å²) in [6, 6.07) is 67.7. The first-order valence-corrected chi connectivity index (χ1v) is 21.5. The van der Waals surface area contributed by atoms with Gasteiger partial charge >= 0.3 is 0 Å². The molecule has 0 atom stereocenters. The van der Waals surface area contributed by atoms with Crippen LogP contribution < -0.4 is 0 Å². The van der Waals surface area contributed by atoms with Gasteiger partial charge in [-0.05, 0) is 85.1 Å². The fourth-order valence-corrected chi connectivity index (χ4v) is 9.06. The van der Waals surface area contributed by atoms with Crippen molar-refractivity contribution in [2.75, 3.05) is 0 Å². The highest BCUT2D eigenvalue weighted by Crippen LogP contribution is 2.42. The van der Waals surface area contributed by atoms with Gasteiger partial charge in [0.15, 0.2) is 17.5 Å². The van der Waals surface area contributed by atoms with Gasteiger partial charge in [-0.3, -0.25) is 0 Å². The zero-order valence-electron chi connectivity index (χ0n) is 35.1. The molecule has 6 nitrogen and oxygen atoms in total. The lowest BCUT2D eigenvalue weighted by Crippen LogP contribution is -2.05. The molecule has 0 saturated carbocycles. The fourth-order valence-electron chi connectivity index (χ4n) is 9.06. The highest BCUT2D eigenvalue weighted by atomic mass is 15.0. The molecule has 0 aliphatic rings. The summed E-state index contributed by atoms with van der Waals surface area (Å²) < 4.78 is 4.75. The van der Waals surface area contributed by atoms with E-state index in [0.29, 0.717) is 29.5 Å². The minimum absolute atomic E-state index is 0.590. The molecular formula is C58H40N6. The number of fused-ring (bicyclic) bond motifs is 6. The second kappa shape index (κ2) is 16.3. The molecule has 11 aromatic rings. The largest absolute Gasteiger partial charge is 0.309 e. The number of nitriles is 1. The molecule has 0 saturated heterocycles. The quantitative estimate of drug-likeness (QED) is 0.136. The molecule has 0 unspecified atom stereocenters. The van der Waals surface area contributed by atoms with Crippen LogP contribution in [-0.2, 0) is 6.42 Å². The van der Waals surface area contributed by atoms with Crippen LogP contribution in [0.25, 0.3) is 100 Å². The van der Waals surface area contributed by atoms with E-state index < -0.39 is 0 Å². The Balaban J connectivity index is 1.21. The van der Waals surface area contributed by atoms with Crippen LogP contribution in [0, 0.1) is 11.3 Å². The smallest absolute Gasteiger partial charge is 0.164 e. The number of hydrogen-bond donors (Lipinski definition) is 0. The first kappa shape index (κ1) is 38.3. The average Bonchev–Trinajstić information content (AvgIpc) is 3.87. The predicted octanol–water partition coefficient (Wildman–Crippen LogP) is 14.3. The van der Waals surface area contributed by atoms with E-state index in [1.807, 2.05) is 85.8 Å². The Morgan fingerprint density at radius 2 is 0.984 bits per heavy atom. The average molecular weight is 821 g/mol. The number of allylic oxidation sites excluding steroid dienone is 4. The lowest BCUT2D eigenvalue weighted by Gasteiger charge is -2.20. The number of aromatic nitrogens is 5. The third-order valence-corrected chi connectivity index (χ3v) is 11.9. The molecule has 0 spiro atoms. The summed E-state index contributed by atoms with van der Waals surface area (Å²) >= 11 is 0. The second-order valence-corrected chi connectivity index (χ2v) is 15.8. The SMILES string of the molecule is C/C=C\C=C/Cc1cc(-c2nc(-c3ccccc3)nc(-c3ccccc3)n2)cc(-c2ccccc2)c1-n1c2ccc(C#N)cc2c2cc(-n3c4ccccc4c4ccccc43)ccc21. The van der Waals surface area contributed by atoms with Crippen molar-refractivity contribution < 1.29 is 0 Å². The van der Waals surface area contributed by atoms with E-state index in [0.717, 1.165) is 77.6 Å². The third kappa shape index (κ3) is 6.73. The van der Waals surface area contributed by atoms with Crippen molar-refractivity contribution in [1.29, 1.82) is 5.26 Å². The number of benzene rings is 8. The van der Waals surface area contributed by atoms with Gasteiger partial charge in [0, 0.05) is 49.5 Å². The molecule has 0 bridgehead atoms. The maximum atomic E-state index is 10.2. The summed E-state index contributed by atoms with van der Waals surface area (Å²) in [5, 5.41) is 14.7. The highest BCUT2D eigenvalue weighted by Gasteiger charge is 2.23. The number of para-hydroxylation sites is 2. The molecular weight excluding hydrogens is 781 g/mol. The van der Waals surface area contributed by atoms with Crippen LogP contribution in [0.15, 0.2) is 212 Å². The molecule has 302 valence electrons. The molecule has 6 heteroatoms. The lowest BCUT2D eigenvalue weighted by atomic mass is 9.94. The van der Waals surface area contributed by atoms with Gasteiger partial charge in [0.05, 0.1) is 39.4 Å². The fraction of sp³-hybridized carbons (Fsp3) is 0.0345. The molecule has 0 aliphatic carbocycles. The van der Waals surface area contributed by atoms with Gasteiger partial charge in [0.1, 0.15) is 0 Å². The molecule has 8 aromatic carbocycles. The van der Waals surface area contributed by atoms with Gasteiger partial charge in [-0.1, -0.05) is 152 Å². The molecule has 0 aliphatic heterocycles. The summed E-state index contributed by atoms with van der Waals surface area (Å²) in [5.41, 5.74) is 13.0. The summed E-state index contributed by atoms with van der Waals surface area (Å²) in [5.74, 6) is 1.81. The van der Waals surface area contributed by atoms with E-state index in [2.05, 4.69) is 149 Å². The first-order chi connectivity index (χ1) is 31.7. The molecule has 0 radical (unpaired) electrons. The lowest BCUT2D eigenvalue weighted by molar-refractivity contribution is 1.07. The van der Waals surface area contributed by atoms with E-state index in [1.54, 1.807) is 0 Å². The van der Waals surface area contributed by atoms with E-state index >= 15 is 0 Å². The maximum Gasteiger partial charge on any atom is 0.164 e. The molecule has 3 heterocycles. The minimum Gasteiger partial charge on any atom is -0.309 e. The van der Waals surface area contributed by atoms with Gasteiger partial charge in [0.2, 0.25) is 0 Å². The molecule has 0 fully saturated rings. The van der Waals surface area contributed by atoms with Gasteiger partial charge in [-0.15, -0.1) is 0 Å². The zero-order chi connectivity index (χ0) is 43.0. The molecule has 11 rings (SSSR count). The third-order valence-electron chi connectivity index (χ3n) is 11.9. The van der Waals surface area contributed by atoms with Crippen LogP contribution in [0.1, 0.15) is 18.1 Å². The van der Waals surface area contributed by atoms with Crippen LogP contribution in [0.4, 0.5) is 0 Å². The summed E-state index contributed by atoms with van der Waals surface area (Å²) in [7, 11) is 0. The van der Waals surface area contributed by atoms with E-state index in [4.69, 9.17) is 15.0 Å². The van der Waals surface area contributed by atoms with Crippen LogP contribution in [-0.4, -0.2) is 24.1 Å². The monoisotopic (exact) mass is 820 g/mol. The number of nitrogens with zero attached hydrogens (tertiary/aromatic N) is 6. The molecule has 0 N–H and O–H groups in total. The first-order valence-electron chi connectivity index (χ1n) is 21.5. The van der Waals surface area contributed by atoms with Gasteiger partial charge < -0.3 is 9.13 Å². The Labute approximate surface area is 371 Å². The van der Waals surface area contributed by atoms with Crippen molar-refractivity contribution in [2.24, 2.45) is 0 Å². The minimum atomic E-state index is 0.590. The Morgan fingerprint density at radius 3 is 1.58 bits per heavy atom. The van der Waals surface area contributed by atoms with Crippen molar-refractivity contribution in [3.8, 4) is 62.7 Å². The van der Waals surface area contributed by atoms with Crippen molar-refractivity contribution in [1.82, 2.24) is 24.1 Å². The summed E-state index contributed by atoms with van der Waals surface area (Å²) in [6.45, 7) is 2.03. The topological polar surface area (TPSA) is 72.3 Å². The number of rotatable bonds is 9. The van der Waals surface area contributed by atoms with E-state index in [1.165, 1.54) is 10.8 Å². The maximum absolute atomic E-state index is 10.2. The van der Waals surface area contributed by atoms with Gasteiger partial charge in [-0.25, -0.2) is 15.0 Å². The molecule has 3 aromatic heterocycles. The van der Waals surface area contributed by atoms with Crippen LogP contribution in [0.2, 0.25) is 0 Å².